The molecular weight excluding hydrogens is 322 g/mol. The van der Waals surface area contributed by atoms with Crippen LogP contribution in [-0.2, 0) is 0 Å². The zero-order valence-corrected chi connectivity index (χ0v) is 12.8. The highest BCUT2D eigenvalue weighted by atomic mass is 16.4. The van der Waals surface area contributed by atoms with Crippen molar-refractivity contribution in [2.24, 2.45) is 0 Å². The highest BCUT2D eigenvalue weighted by Crippen LogP contribution is 2.16. The monoisotopic (exact) mass is 333 g/mol. The second-order valence-corrected chi connectivity index (χ2v) is 4.96. The van der Waals surface area contributed by atoms with Crippen LogP contribution in [0.5, 0.6) is 0 Å². The number of rotatable bonds is 4. The molecule has 0 unspecified atom stereocenters. The molecule has 2 heterocycles. The highest BCUT2D eigenvalue weighted by molar-refractivity contribution is 5.92. The number of carbonyl (C=O) groups is 1. The minimum absolute atomic E-state index is 0.0661. The summed E-state index contributed by atoms with van der Waals surface area (Å²) in [7, 11) is 0. The zero-order chi connectivity index (χ0) is 17.8. The standard InChI is InChI=1S/C18H11N3O4/c19-11-15-14(9-8-13-7-4-10-25-13)16(18(23)24)20-21(17(15)22)12-5-2-1-3-6-12/h1-10H,(H,23,24)/b9-8+. The summed E-state index contributed by atoms with van der Waals surface area (Å²) >= 11 is 0. The fourth-order valence-electron chi connectivity index (χ4n) is 2.26. The van der Waals surface area contributed by atoms with Gasteiger partial charge >= 0.3 is 5.97 Å². The molecule has 0 saturated heterocycles. The molecular formula is C18H11N3O4. The van der Waals surface area contributed by atoms with E-state index in [1.54, 1.807) is 48.5 Å². The van der Waals surface area contributed by atoms with Crippen LogP contribution in [0.2, 0.25) is 0 Å². The van der Waals surface area contributed by atoms with Crippen LogP contribution < -0.4 is 5.56 Å². The molecule has 122 valence electrons. The molecule has 1 N–H and O–H groups in total. The molecule has 0 amide bonds. The maximum absolute atomic E-state index is 12.6. The van der Waals surface area contributed by atoms with Gasteiger partial charge in [-0.05, 0) is 36.4 Å². The third-order valence-electron chi connectivity index (χ3n) is 3.40. The molecule has 0 bridgehead atoms. The van der Waals surface area contributed by atoms with Crippen molar-refractivity contribution < 1.29 is 14.3 Å². The van der Waals surface area contributed by atoms with Gasteiger partial charge in [-0.3, -0.25) is 4.79 Å². The number of nitriles is 1. The van der Waals surface area contributed by atoms with Crippen LogP contribution in [0.3, 0.4) is 0 Å². The Morgan fingerprint density at radius 1 is 1.20 bits per heavy atom. The van der Waals surface area contributed by atoms with Gasteiger partial charge in [0.15, 0.2) is 5.69 Å². The van der Waals surface area contributed by atoms with Crippen LogP contribution in [0.25, 0.3) is 17.8 Å². The number of nitrogens with zero attached hydrogens (tertiary/aromatic N) is 3. The Kier molecular flexibility index (Phi) is 4.26. The number of hydrogen-bond donors (Lipinski definition) is 1. The Labute approximate surface area is 141 Å². The number of furan rings is 1. The van der Waals surface area contributed by atoms with Crippen LogP contribution in [-0.4, -0.2) is 20.9 Å². The molecule has 0 aliphatic carbocycles. The molecule has 0 saturated carbocycles. The van der Waals surface area contributed by atoms with Gasteiger partial charge in [0.2, 0.25) is 0 Å². The maximum atomic E-state index is 12.6. The van der Waals surface area contributed by atoms with Gasteiger partial charge in [-0.25, -0.2) is 4.79 Å². The van der Waals surface area contributed by atoms with Crippen molar-refractivity contribution in [3.63, 3.8) is 0 Å². The zero-order valence-electron chi connectivity index (χ0n) is 12.8. The number of hydrogen-bond acceptors (Lipinski definition) is 5. The number of para-hydroxylation sites is 1. The fourth-order valence-corrected chi connectivity index (χ4v) is 2.26. The van der Waals surface area contributed by atoms with Crippen molar-refractivity contribution in [1.29, 1.82) is 5.26 Å². The molecule has 0 atom stereocenters. The van der Waals surface area contributed by atoms with Crippen molar-refractivity contribution in [1.82, 2.24) is 9.78 Å². The first-order valence-electron chi connectivity index (χ1n) is 7.19. The molecule has 0 aliphatic heterocycles. The van der Waals surface area contributed by atoms with Crippen LogP contribution >= 0.6 is 0 Å². The summed E-state index contributed by atoms with van der Waals surface area (Å²) in [5, 5.41) is 22.8. The largest absolute Gasteiger partial charge is 0.476 e. The summed E-state index contributed by atoms with van der Waals surface area (Å²) in [6.07, 6.45) is 4.26. The van der Waals surface area contributed by atoms with Crippen molar-refractivity contribution in [3.05, 3.63) is 81.7 Å². The van der Waals surface area contributed by atoms with Gasteiger partial charge in [0.25, 0.3) is 5.56 Å². The van der Waals surface area contributed by atoms with Gasteiger partial charge in [-0.2, -0.15) is 15.0 Å². The van der Waals surface area contributed by atoms with Gasteiger partial charge < -0.3 is 9.52 Å². The summed E-state index contributed by atoms with van der Waals surface area (Å²) in [5.41, 5.74) is -1.10. The van der Waals surface area contributed by atoms with E-state index in [1.165, 1.54) is 18.4 Å². The average molecular weight is 333 g/mol. The summed E-state index contributed by atoms with van der Waals surface area (Å²) < 4.78 is 6.04. The van der Waals surface area contributed by atoms with E-state index < -0.39 is 17.2 Å². The van der Waals surface area contributed by atoms with Gasteiger partial charge in [-0.15, -0.1) is 0 Å². The van der Waals surface area contributed by atoms with Crippen molar-refractivity contribution in [2.75, 3.05) is 0 Å². The van der Waals surface area contributed by atoms with Crippen LogP contribution in [0.4, 0.5) is 0 Å². The van der Waals surface area contributed by atoms with Crippen LogP contribution in [0, 0.1) is 11.3 Å². The van der Waals surface area contributed by atoms with Gasteiger partial charge in [-0.1, -0.05) is 18.2 Å². The van der Waals surface area contributed by atoms with E-state index in [1.807, 2.05) is 0 Å². The topological polar surface area (TPSA) is 109 Å². The van der Waals surface area contributed by atoms with Gasteiger partial charge in [0, 0.05) is 5.56 Å². The second kappa shape index (κ2) is 6.68. The molecule has 7 heteroatoms. The Bertz CT molecular complexity index is 1040. The smallest absolute Gasteiger partial charge is 0.357 e. The van der Waals surface area contributed by atoms with Gasteiger partial charge in [0.1, 0.15) is 17.4 Å². The van der Waals surface area contributed by atoms with Crippen molar-refractivity contribution in [3.8, 4) is 11.8 Å². The van der Waals surface area contributed by atoms with E-state index in [2.05, 4.69) is 5.10 Å². The van der Waals surface area contributed by atoms with Crippen molar-refractivity contribution >= 4 is 18.1 Å². The molecule has 0 aliphatic rings. The molecule has 0 spiro atoms. The molecule has 25 heavy (non-hydrogen) atoms. The quantitative estimate of drug-likeness (QED) is 0.786. The lowest BCUT2D eigenvalue weighted by molar-refractivity contribution is 0.0688. The normalized spacial score (nSPS) is 10.7. The Morgan fingerprint density at radius 2 is 1.96 bits per heavy atom. The Balaban J connectivity index is 2.25. The molecule has 2 aromatic heterocycles. The molecule has 1 aromatic carbocycles. The summed E-state index contributed by atoms with van der Waals surface area (Å²) in [5.74, 6) is -0.896. The molecule has 3 aromatic rings. The van der Waals surface area contributed by atoms with E-state index in [0.717, 1.165) is 4.68 Å². The number of carboxylic acid groups (broad SMARTS) is 1. The first-order valence-corrected chi connectivity index (χ1v) is 7.19. The average Bonchev–Trinajstić information content (AvgIpc) is 3.14. The lowest BCUT2D eigenvalue weighted by Crippen LogP contribution is -2.28. The second-order valence-electron chi connectivity index (χ2n) is 4.96. The van der Waals surface area contributed by atoms with E-state index in [4.69, 9.17) is 4.42 Å². The highest BCUT2D eigenvalue weighted by Gasteiger charge is 2.21. The summed E-state index contributed by atoms with van der Waals surface area (Å²) in [6.45, 7) is 0. The number of aromatic carboxylic acids is 1. The minimum Gasteiger partial charge on any atom is -0.476 e. The number of aromatic nitrogens is 2. The van der Waals surface area contributed by atoms with E-state index >= 15 is 0 Å². The third-order valence-corrected chi connectivity index (χ3v) is 3.40. The third kappa shape index (κ3) is 3.09. The fraction of sp³-hybridized carbons (Fsp3) is 0. The summed E-state index contributed by atoms with van der Waals surface area (Å²) in [4.78, 5) is 24.2. The predicted octanol–water partition coefficient (Wildman–Crippen LogP) is 2.57. The first-order chi connectivity index (χ1) is 12.1. The SMILES string of the molecule is N#Cc1c(/C=C/c2ccco2)c(C(=O)O)nn(-c2ccccc2)c1=O. The van der Waals surface area contributed by atoms with Crippen LogP contribution in [0.1, 0.15) is 27.4 Å². The lowest BCUT2D eigenvalue weighted by atomic mass is 10.1. The Hall–Kier alpha value is -3.92. The minimum atomic E-state index is -1.35. The molecule has 0 radical (unpaired) electrons. The van der Waals surface area contributed by atoms with Crippen LogP contribution in [0.15, 0.2) is 57.9 Å². The predicted molar refractivity (Wildman–Crippen MR) is 89.1 cm³/mol. The molecule has 7 nitrogen and oxygen atoms in total. The first kappa shape index (κ1) is 16.0. The summed E-state index contributed by atoms with van der Waals surface area (Å²) in [6, 6.07) is 13.4. The number of benzene rings is 1. The van der Waals surface area contributed by atoms with Gasteiger partial charge in [0.05, 0.1) is 12.0 Å². The molecule has 3 rings (SSSR count). The maximum Gasteiger partial charge on any atom is 0.357 e. The Morgan fingerprint density at radius 3 is 2.56 bits per heavy atom. The van der Waals surface area contributed by atoms with E-state index in [-0.39, 0.29) is 11.1 Å². The lowest BCUT2D eigenvalue weighted by Gasteiger charge is -2.09. The number of carboxylic acids is 1. The van der Waals surface area contributed by atoms with E-state index in [9.17, 15) is 20.0 Å². The molecule has 0 fully saturated rings. The van der Waals surface area contributed by atoms with Crippen molar-refractivity contribution in [2.45, 2.75) is 0 Å². The van der Waals surface area contributed by atoms with E-state index in [0.29, 0.717) is 11.4 Å².